The summed E-state index contributed by atoms with van der Waals surface area (Å²) < 4.78 is 16.9. The third-order valence-corrected chi connectivity index (χ3v) is 5.12. The SMILES string of the molecule is CC(C)(C)OC(=O)N1CCC(OC2CC(OC(=O)c3ccc([N+](=O)[O-])cc3)C2)CC1. The lowest BCUT2D eigenvalue weighted by Crippen LogP contribution is -2.46. The molecular formula is C21H28N2O7. The average molecular weight is 420 g/mol. The predicted molar refractivity (Wildman–Crippen MR) is 107 cm³/mol. The molecule has 1 aliphatic heterocycles. The lowest BCUT2D eigenvalue weighted by atomic mass is 9.91. The summed E-state index contributed by atoms with van der Waals surface area (Å²) in [5.74, 6) is -0.487. The minimum absolute atomic E-state index is 0.0396. The number of nitro benzene ring substituents is 1. The maximum absolute atomic E-state index is 12.1. The van der Waals surface area contributed by atoms with Crippen molar-refractivity contribution in [2.75, 3.05) is 13.1 Å². The Morgan fingerprint density at radius 1 is 1.03 bits per heavy atom. The summed E-state index contributed by atoms with van der Waals surface area (Å²) in [6.45, 7) is 6.75. The van der Waals surface area contributed by atoms with E-state index < -0.39 is 16.5 Å². The molecule has 0 unspecified atom stereocenters. The van der Waals surface area contributed by atoms with Crippen molar-refractivity contribution in [3.8, 4) is 0 Å². The Labute approximate surface area is 175 Å². The number of nitrogens with zero attached hydrogens (tertiary/aromatic N) is 2. The van der Waals surface area contributed by atoms with Crippen LogP contribution in [0, 0.1) is 10.1 Å². The summed E-state index contributed by atoms with van der Waals surface area (Å²) in [7, 11) is 0. The zero-order chi connectivity index (χ0) is 21.9. The number of hydrogen-bond acceptors (Lipinski definition) is 7. The Morgan fingerprint density at radius 3 is 2.17 bits per heavy atom. The number of ether oxygens (including phenoxy) is 3. The molecule has 1 amide bonds. The number of benzene rings is 1. The van der Waals surface area contributed by atoms with Crippen LogP contribution in [-0.4, -0.2) is 58.9 Å². The largest absolute Gasteiger partial charge is 0.459 e. The number of carbonyl (C=O) groups is 2. The second kappa shape index (κ2) is 8.99. The lowest BCUT2D eigenvalue weighted by Gasteiger charge is -2.39. The summed E-state index contributed by atoms with van der Waals surface area (Å²) >= 11 is 0. The molecule has 164 valence electrons. The number of nitro groups is 1. The molecule has 9 heteroatoms. The lowest BCUT2D eigenvalue weighted by molar-refractivity contribution is -0.384. The van der Waals surface area contributed by atoms with Crippen LogP contribution in [0.4, 0.5) is 10.5 Å². The van der Waals surface area contributed by atoms with E-state index >= 15 is 0 Å². The summed E-state index contributed by atoms with van der Waals surface area (Å²) in [4.78, 5) is 36.1. The molecule has 3 rings (SSSR count). The van der Waals surface area contributed by atoms with Crippen molar-refractivity contribution in [3.63, 3.8) is 0 Å². The van der Waals surface area contributed by atoms with E-state index in [2.05, 4.69) is 0 Å². The van der Waals surface area contributed by atoms with Gasteiger partial charge in [0, 0.05) is 38.1 Å². The first-order chi connectivity index (χ1) is 14.1. The van der Waals surface area contributed by atoms with Crippen LogP contribution in [0.25, 0.3) is 0 Å². The Morgan fingerprint density at radius 2 is 1.63 bits per heavy atom. The standard InChI is InChI=1S/C21H28N2O7/c1-21(2,3)30-20(25)22-10-8-16(9-11-22)28-17-12-18(13-17)29-19(24)14-4-6-15(7-5-14)23(26)27/h4-7,16-18H,8-13H2,1-3H3. The van der Waals surface area contributed by atoms with Crippen molar-refractivity contribution >= 4 is 17.7 Å². The van der Waals surface area contributed by atoms with Gasteiger partial charge in [0.1, 0.15) is 11.7 Å². The van der Waals surface area contributed by atoms with Crippen LogP contribution in [-0.2, 0) is 14.2 Å². The topological polar surface area (TPSA) is 108 Å². The number of esters is 1. The second-order valence-electron chi connectivity index (χ2n) is 8.73. The minimum Gasteiger partial charge on any atom is -0.459 e. The Hall–Kier alpha value is -2.68. The van der Waals surface area contributed by atoms with Crippen molar-refractivity contribution in [1.29, 1.82) is 0 Å². The zero-order valence-electron chi connectivity index (χ0n) is 17.5. The maximum atomic E-state index is 12.1. The second-order valence-corrected chi connectivity index (χ2v) is 8.73. The van der Waals surface area contributed by atoms with Gasteiger partial charge in [-0.25, -0.2) is 9.59 Å². The van der Waals surface area contributed by atoms with Crippen LogP contribution in [0.1, 0.15) is 56.8 Å². The fraction of sp³-hybridized carbons (Fsp3) is 0.619. The highest BCUT2D eigenvalue weighted by atomic mass is 16.6. The first-order valence-electron chi connectivity index (χ1n) is 10.2. The van der Waals surface area contributed by atoms with E-state index in [-0.39, 0.29) is 30.1 Å². The molecule has 30 heavy (non-hydrogen) atoms. The molecule has 0 radical (unpaired) electrons. The Balaban J connectivity index is 1.35. The van der Waals surface area contributed by atoms with Crippen LogP contribution in [0.5, 0.6) is 0 Å². The van der Waals surface area contributed by atoms with Gasteiger partial charge in [-0.2, -0.15) is 0 Å². The molecule has 0 N–H and O–H groups in total. The van der Waals surface area contributed by atoms with Crippen LogP contribution >= 0.6 is 0 Å². The highest BCUT2D eigenvalue weighted by Gasteiger charge is 2.36. The van der Waals surface area contributed by atoms with Gasteiger partial charge in [-0.3, -0.25) is 10.1 Å². The molecule has 1 aromatic rings. The third kappa shape index (κ3) is 5.91. The minimum atomic E-state index is -0.513. The first kappa shape index (κ1) is 22.0. The molecule has 1 saturated carbocycles. The van der Waals surface area contributed by atoms with Crippen LogP contribution < -0.4 is 0 Å². The van der Waals surface area contributed by atoms with Gasteiger partial charge in [0.15, 0.2) is 0 Å². The molecule has 1 heterocycles. The number of carbonyl (C=O) groups excluding carboxylic acids is 2. The molecule has 2 aliphatic rings. The molecule has 0 aromatic heterocycles. The van der Waals surface area contributed by atoms with Crippen molar-refractivity contribution in [2.45, 2.75) is 70.4 Å². The molecule has 1 aromatic carbocycles. The van der Waals surface area contributed by atoms with Crippen molar-refractivity contribution in [1.82, 2.24) is 4.90 Å². The van der Waals surface area contributed by atoms with E-state index in [0.29, 0.717) is 31.5 Å². The maximum Gasteiger partial charge on any atom is 0.410 e. The van der Waals surface area contributed by atoms with E-state index in [4.69, 9.17) is 14.2 Å². The van der Waals surface area contributed by atoms with E-state index in [0.717, 1.165) is 12.8 Å². The van der Waals surface area contributed by atoms with Gasteiger partial charge in [0.2, 0.25) is 0 Å². The van der Waals surface area contributed by atoms with E-state index in [1.165, 1.54) is 24.3 Å². The molecule has 1 aliphatic carbocycles. The quantitative estimate of drug-likeness (QED) is 0.406. The molecule has 0 bridgehead atoms. The normalized spacial score (nSPS) is 22.2. The van der Waals surface area contributed by atoms with Gasteiger partial charge in [-0.05, 0) is 45.7 Å². The van der Waals surface area contributed by atoms with Gasteiger partial charge in [-0.1, -0.05) is 0 Å². The highest BCUT2D eigenvalue weighted by Crippen LogP contribution is 2.30. The van der Waals surface area contributed by atoms with Crippen LogP contribution in [0.3, 0.4) is 0 Å². The smallest absolute Gasteiger partial charge is 0.410 e. The third-order valence-electron chi connectivity index (χ3n) is 5.12. The Kier molecular flexibility index (Phi) is 6.60. The van der Waals surface area contributed by atoms with E-state index in [1.807, 2.05) is 20.8 Å². The summed E-state index contributed by atoms with van der Waals surface area (Å²) in [5.41, 5.74) is -0.280. The average Bonchev–Trinajstić information content (AvgIpc) is 2.65. The van der Waals surface area contributed by atoms with Gasteiger partial charge in [-0.15, -0.1) is 0 Å². The number of non-ortho nitro benzene ring substituents is 1. The summed E-state index contributed by atoms with van der Waals surface area (Å²) in [6.07, 6.45) is 2.39. The molecule has 1 saturated heterocycles. The van der Waals surface area contributed by atoms with Gasteiger partial charge in [0.05, 0.1) is 22.7 Å². The van der Waals surface area contributed by atoms with Crippen LogP contribution in [0.2, 0.25) is 0 Å². The van der Waals surface area contributed by atoms with Crippen molar-refractivity contribution in [3.05, 3.63) is 39.9 Å². The Bertz CT molecular complexity index is 774. The summed E-state index contributed by atoms with van der Waals surface area (Å²) in [5, 5.41) is 10.7. The first-order valence-corrected chi connectivity index (χ1v) is 10.2. The van der Waals surface area contributed by atoms with Gasteiger partial charge < -0.3 is 19.1 Å². The molecule has 0 spiro atoms. The monoisotopic (exact) mass is 420 g/mol. The number of rotatable bonds is 5. The number of piperidine rings is 1. The fourth-order valence-corrected chi connectivity index (χ4v) is 3.44. The van der Waals surface area contributed by atoms with Gasteiger partial charge in [0.25, 0.3) is 5.69 Å². The number of hydrogen-bond donors (Lipinski definition) is 0. The number of likely N-dealkylation sites (tertiary alicyclic amines) is 1. The summed E-state index contributed by atoms with van der Waals surface area (Å²) in [6, 6.07) is 5.36. The molecular weight excluding hydrogens is 392 g/mol. The number of amides is 1. The van der Waals surface area contributed by atoms with Gasteiger partial charge >= 0.3 is 12.1 Å². The molecule has 9 nitrogen and oxygen atoms in total. The van der Waals surface area contributed by atoms with Crippen molar-refractivity contribution in [2.24, 2.45) is 0 Å². The van der Waals surface area contributed by atoms with Crippen LogP contribution in [0.15, 0.2) is 24.3 Å². The molecule has 2 fully saturated rings. The van der Waals surface area contributed by atoms with E-state index in [9.17, 15) is 19.7 Å². The zero-order valence-corrected chi connectivity index (χ0v) is 17.5. The van der Waals surface area contributed by atoms with E-state index in [1.54, 1.807) is 4.90 Å². The highest BCUT2D eigenvalue weighted by molar-refractivity contribution is 5.89. The van der Waals surface area contributed by atoms with Crippen molar-refractivity contribution < 1.29 is 28.7 Å². The fourth-order valence-electron chi connectivity index (χ4n) is 3.44. The molecule has 0 atom stereocenters. The predicted octanol–water partition coefficient (Wildman–Crippen LogP) is 3.70.